The SMILES string of the molecule is O=C(CCNc1ccccc1[N+](=O)[O-])N(C[C@@H]1CCOC1)C1CC1. The van der Waals surface area contributed by atoms with Crippen LogP contribution in [0.25, 0.3) is 0 Å². The second-order valence-electron chi connectivity index (χ2n) is 6.46. The highest BCUT2D eigenvalue weighted by atomic mass is 16.6. The Kier molecular flexibility index (Phi) is 5.30. The molecule has 0 aromatic heterocycles. The monoisotopic (exact) mass is 333 g/mol. The van der Waals surface area contributed by atoms with Crippen LogP contribution in [0.2, 0.25) is 0 Å². The molecule has 1 atom stereocenters. The number of nitro groups is 1. The number of ether oxygens (including phenoxy) is 1. The molecule has 0 bridgehead atoms. The first kappa shape index (κ1) is 16.7. The largest absolute Gasteiger partial charge is 0.381 e. The van der Waals surface area contributed by atoms with E-state index in [1.165, 1.54) is 6.07 Å². The lowest BCUT2D eigenvalue weighted by molar-refractivity contribution is -0.384. The first-order chi connectivity index (χ1) is 11.6. The third kappa shape index (κ3) is 4.23. The highest BCUT2D eigenvalue weighted by Gasteiger charge is 2.34. The van der Waals surface area contributed by atoms with Gasteiger partial charge in [0.25, 0.3) is 5.69 Å². The van der Waals surface area contributed by atoms with Gasteiger partial charge in [0.15, 0.2) is 0 Å². The number of hydrogen-bond acceptors (Lipinski definition) is 5. The topological polar surface area (TPSA) is 84.7 Å². The van der Waals surface area contributed by atoms with Gasteiger partial charge in [-0.3, -0.25) is 14.9 Å². The molecule has 1 aromatic rings. The second-order valence-corrected chi connectivity index (χ2v) is 6.46. The molecule has 1 saturated heterocycles. The minimum absolute atomic E-state index is 0.0344. The number of anilines is 1. The number of nitrogens with zero attached hydrogens (tertiary/aromatic N) is 2. The summed E-state index contributed by atoms with van der Waals surface area (Å²) in [4.78, 5) is 25.1. The van der Waals surface area contributed by atoms with E-state index in [-0.39, 0.29) is 11.6 Å². The van der Waals surface area contributed by atoms with E-state index in [1.807, 2.05) is 4.90 Å². The fraction of sp³-hybridized carbons (Fsp3) is 0.588. The summed E-state index contributed by atoms with van der Waals surface area (Å²) in [6.07, 6.45) is 3.52. The quantitative estimate of drug-likeness (QED) is 0.583. The summed E-state index contributed by atoms with van der Waals surface area (Å²) in [7, 11) is 0. The number of nitrogens with one attached hydrogen (secondary N) is 1. The summed E-state index contributed by atoms with van der Waals surface area (Å²) < 4.78 is 5.40. The van der Waals surface area contributed by atoms with Gasteiger partial charge in [0.1, 0.15) is 5.69 Å². The van der Waals surface area contributed by atoms with Crippen LogP contribution in [-0.2, 0) is 9.53 Å². The molecule has 1 aliphatic carbocycles. The van der Waals surface area contributed by atoms with E-state index >= 15 is 0 Å². The van der Waals surface area contributed by atoms with Crippen molar-refractivity contribution in [3.05, 3.63) is 34.4 Å². The number of hydrogen-bond donors (Lipinski definition) is 1. The lowest BCUT2D eigenvalue weighted by Crippen LogP contribution is -2.38. The predicted octanol–water partition coefficient (Wildman–Crippen LogP) is 2.42. The minimum Gasteiger partial charge on any atom is -0.381 e. The van der Waals surface area contributed by atoms with E-state index < -0.39 is 4.92 Å². The summed E-state index contributed by atoms with van der Waals surface area (Å²) in [6, 6.07) is 6.88. The number of nitro benzene ring substituents is 1. The van der Waals surface area contributed by atoms with E-state index in [2.05, 4.69) is 5.32 Å². The molecule has 1 aliphatic heterocycles. The Hall–Kier alpha value is -2.15. The van der Waals surface area contributed by atoms with Crippen LogP contribution < -0.4 is 5.32 Å². The maximum absolute atomic E-state index is 12.5. The fourth-order valence-electron chi connectivity index (χ4n) is 3.08. The summed E-state index contributed by atoms with van der Waals surface area (Å²) in [6.45, 7) is 2.70. The van der Waals surface area contributed by atoms with Crippen molar-refractivity contribution >= 4 is 17.3 Å². The van der Waals surface area contributed by atoms with Crippen LogP contribution in [0.15, 0.2) is 24.3 Å². The standard InChI is InChI=1S/C17H23N3O4/c21-17(19(14-5-6-14)11-13-8-10-24-12-13)7-9-18-15-3-1-2-4-16(15)20(22)23/h1-4,13-14,18H,5-12H2/t13-/m0/s1. The van der Waals surface area contributed by atoms with Crippen LogP contribution in [0.5, 0.6) is 0 Å². The fourth-order valence-corrected chi connectivity index (χ4v) is 3.08. The smallest absolute Gasteiger partial charge is 0.292 e. The van der Waals surface area contributed by atoms with Gasteiger partial charge < -0.3 is 15.0 Å². The van der Waals surface area contributed by atoms with E-state index in [9.17, 15) is 14.9 Å². The van der Waals surface area contributed by atoms with Crippen LogP contribution in [0.3, 0.4) is 0 Å². The number of amides is 1. The Bertz CT molecular complexity index is 597. The summed E-state index contributed by atoms with van der Waals surface area (Å²) in [5.41, 5.74) is 0.490. The Morgan fingerprint density at radius 1 is 1.33 bits per heavy atom. The lowest BCUT2D eigenvalue weighted by Gasteiger charge is -2.25. The number of para-hydroxylation sites is 2. The van der Waals surface area contributed by atoms with Gasteiger partial charge >= 0.3 is 0 Å². The number of carbonyl (C=O) groups excluding carboxylic acids is 1. The Labute approximate surface area is 141 Å². The normalized spacial score (nSPS) is 19.9. The zero-order valence-electron chi connectivity index (χ0n) is 13.6. The van der Waals surface area contributed by atoms with Gasteiger partial charge in [0, 0.05) is 44.1 Å². The zero-order valence-corrected chi connectivity index (χ0v) is 13.6. The highest BCUT2D eigenvalue weighted by Crippen LogP contribution is 2.29. The van der Waals surface area contributed by atoms with Crippen LogP contribution in [-0.4, -0.2) is 48.1 Å². The Morgan fingerprint density at radius 2 is 2.12 bits per heavy atom. The molecule has 1 N–H and O–H groups in total. The first-order valence-corrected chi connectivity index (χ1v) is 8.49. The van der Waals surface area contributed by atoms with Crippen molar-refractivity contribution in [3.63, 3.8) is 0 Å². The molecule has 0 unspecified atom stereocenters. The third-order valence-corrected chi connectivity index (χ3v) is 4.54. The zero-order chi connectivity index (χ0) is 16.9. The van der Waals surface area contributed by atoms with E-state index in [0.717, 1.165) is 39.0 Å². The van der Waals surface area contributed by atoms with Gasteiger partial charge in [-0.05, 0) is 25.3 Å². The van der Waals surface area contributed by atoms with Crippen molar-refractivity contribution in [2.24, 2.45) is 5.92 Å². The van der Waals surface area contributed by atoms with Crippen LogP contribution in [0.1, 0.15) is 25.7 Å². The molecule has 2 aliphatic rings. The van der Waals surface area contributed by atoms with Crippen molar-refractivity contribution in [1.29, 1.82) is 0 Å². The molecule has 24 heavy (non-hydrogen) atoms. The van der Waals surface area contributed by atoms with Crippen LogP contribution in [0, 0.1) is 16.0 Å². The first-order valence-electron chi connectivity index (χ1n) is 8.49. The molecule has 0 spiro atoms. The van der Waals surface area contributed by atoms with Gasteiger partial charge in [0.05, 0.1) is 11.5 Å². The number of carbonyl (C=O) groups is 1. The van der Waals surface area contributed by atoms with Crippen LogP contribution >= 0.6 is 0 Å². The molecule has 1 heterocycles. The van der Waals surface area contributed by atoms with E-state index in [4.69, 9.17) is 4.74 Å². The maximum Gasteiger partial charge on any atom is 0.292 e. The molecule has 1 saturated carbocycles. The molecular weight excluding hydrogens is 310 g/mol. The summed E-state index contributed by atoms with van der Waals surface area (Å²) in [5.74, 6) is 0.563. The Balaban J connectivity index is 1.51. The lowest BCUT2D eigenvalue weighted by atomic mass is 10.1. The molecule has 0 radical (unpaired) electrons. The molecule has 1 aromatic carbocycles. The van der Waals surface area contributed by atoms with Gasteiger partial charge in [-0.25, -0.2) is 0 Å². The van der Waals surface area contributed by atoms with E-state index in [0.29, 0.717) is 30.6 Å². The van der Waals surface area contributed by atoms with Gasteiger partial charge in [-0.1, -0.05) is 12.1 Å². The molecule has 7 heteroatoms. The Morgan fingerprint density at radius 3 is 2.79 bits per heavy atom. The number of benzene rings is 1. The second kappa shape index (κ2) is 7.61. The van der Waals surface area contributed by atoms with Crippen molar-refractivity contribution in [2.45, 2.75) is 31.7 Å². The van der Waals surface area contributed by atoms with Gasteiger partial charge in [-0.2, -0.15) is 0 Å². The van der Waals surface area contributed by atoms with Gasteiger partial charge in [0.2, 0.25) is 5.91 Å². The van der Waals surface area contributed by atoms with Crippen molar-refractivity contribution in [1.82, 2.24) is 4.90 Å². The highest BCUT2D eigenvalue weighted by molar-refractivity contribution is 5.77. The molecule has 2 fully saturated rings. The van der Waals surface area contributed by atoms with E-state index in [1.54, 1.807) is 18.2 Å². The minimum atomic E-state index is -0.416. The third-order valence-electron chi connectivity index (χ3n) is 4.54. The summed E-state index contributed by atoms with van der Waals surface area (Å²) >= 11 is 0. The average molecular weight is 333 g/mol. The molecule has 3 rings (SSSR count). The predicted molar refractivity (Wildman–Crippen MR) is 89.9 cm³/mol. The van der Waals surface area contributed by atoms with Gasteiger partial charge in [-0.15, -0.1) is 0 Å². The van der Waals surface area contributed by atoms with Crippen molar-refractivity contribution in [3.8, 4) is 0 Å². The van der Waals surface area contributed by atoms with Crippen molar-refractivity contribution < 1.29 is 14.5 Å². The molecule has 7 nitrogen and oxygen atoms in total. The molecule has 1 amide bonds. The maximum atomic E-state index is 12.5. The number of rotatable bonds is 8. The average Bonchev–Trinajstić information content (AvgIpc) is 3.28. The van der Waals surface area contributed by atoms with Crippen molar-refractivity contribution in [2.75, 3.05) is 31.6 Å². The summed E-state index contributed by atoms with van der Waals surface area (Å²) in [5, 5.41) is 14.0. The molecular formula is C17H23N3O4. The van der Waals surface area contributed by atoms with Crippen LogP contribution in [0.4, 0.5) is 11.4 Å². The molecule has 130 valence electrons.